The zero-order chi connectivity index (χ0) is 12.3. The zero-order valence-electron chi connectivity index (χ0n) is 10.2. The number of ketones is 1. The molecule has 0 N–H and O–H groups in total. The lowest BCUT2D eigenvalue weighted by molar-refractivity contribution is 0.0920. The Morgan fingerprint density at radius 1 is 1.53 bits per heavy atom. The van der Waals surface area contributed by atoms with E-state index in [4.69, 9.17) is 0 Å². The summed E-state index contributed by atoms with van der Waals surface area (Å²) < 4.78 is 13.0. The van der Waals surface area contributed by atoms with Crippen LogP contribution in [0.5, 0.6) is 0 Å². The maximum Gasteiger partial charge on any atom is 0.176 e. The third-order valence-corrected chi connectivity index (χ3v) is 3.46. The van der Waals surface area contributed by atoms with E-state index in [1.807, 2.05) is 0 Å². The molecule has 1 aliphatic rings. The Labute approximate surface area is 101 Å². The number of halogens is 1. The number of hydrogen-bond acceptors (Lipinski definition) is 2. The van der Waals surface area contributed by atoms with Gasteiger partial charge in [0.1, 0.15) is 5.82 Å². The maximum atomic E-state index is 13.0. The van der Waals surface area contributed by atoms with Crippen molar-refractivity contribution < 1.29 is 9.18 Å². The summed E-state index contributed by atoms with van der Waals surface area (Å²) in [4.78, 5) is 14.2. The van der Waals surface area contributed by atoms with E-state index in [0.29, 0.717) is 18.2 Å². The Hall–Kier alpha value is -1.22. The lowest BCUT2D eigenvalue weighted by atomic mass is 10.1. The summed E-state index contributed by atoms with van der Waals surface area (Å²) in [6.45, 7) is 3.55. The first-order valence-corrected chi connectivity index (χ1v) is 6.23. The Bertz CT molecular complexity index is 405. The van der Waals surface area contributed by atoms with Crippen LogP contribution < -0.4 is 0 Å². The summed E-state index contributed by atoms with van der Waals surface area (Å²) in [5, 5.41) is 0. The number of Topliss-reactive ketones (excluding diaryl/α,β-unsaturated/α-hetero) is 1. The van der Waals surface area contributed by atoms with Gasteiger partial charge in [0.2, 0.25) is 0 Å². The van der Waals surface area contributed by atoms with Gasteiger partial charge in [-0.2, -0.15) is 0 Å². The molecular weight excluding hydrogens is 217 g/mol. The van der Waals surface area contributed by atoms with Gasteiger partial charge in [-0.25, -0.2) is 4.39 Å². The number of benzene rings is 1. The normalized spacial score (nSPS) is 20.7. The number of nitrogens with zero attached hydrogens (tertiary/aromatic N) is 1. The molecule has 0 amide bonds. The van der Waals surface area contributed by atoms with Crippen LogP contribution in [0, 0.1) is 5.82 Å². The molecule has 0 aliphatic carbocycles. The molecule has 0 radical (unpaired) electrons. The molecule has 1 aliphatic heterocycles. The van der Waals surface area contributed by atoms with Crippen molar-refractivity contribution in [2.75, 3.05) is 13.1 Å². The van der Waals surface area contributed by atoms with Gasteiger partial charge >= 0.3 is 0 Å². The van der Waals surface area contributed by atoms with Gasteiger partial charge in [-0.3, -0.25) is 9.69 Å². The molecule has 0 saturated carbocycles. The predicted octanol–water partition coefficient (Wildman–Crippen LogP) is 2.88. The number of likely N-dealkylation sites (tertiary alicyclic amines) is 1. The average Bonchev–Trinajstić information content (AvgIpc) is 2.76. The minimum absolute atomic E-state index is 0.0184. The van der Waals surface area contributed by atoms with Crippen molar-refractivity contribution in [1.82, 2.24) is 4.90 Å². The highest BCUT2D eigenvalue weighted by molar-refractivity contribution is 5.97. The topological polar surface area (TPSA) is 20.3 Å². The molecule has 1 fully saturated rings. The molecule has 0 bridgehead atoms. The highest BCUT2D eigenvalue weighted by atomic mass is 19.1. The molecule has 2 nitrogen and oxygen atoms in total. The molecule has 1 unspecified atom stereocenters. The van der Waals surface area contributed by atoms with Crippen LogP contribution in [0.1, 0.15) is 36.5 Å². The molecule has 2 rings (SSSR count). The molecule has 1 aromatic carbocycles. The monoisotopic (exact) mass is 235 g/mol. The zero-order valence-corrected chi connectivity index (χ0v) is 10.2. The second kappa shape index (κ2) is 5.41. The average molecular weight is 235 g/mol. The first kappa shape index (κ1) is 12.2. The Balaban J connectivity index is 2.01. The molecule has 1 saturated heterocycles. The smallest absolute Gasteiger partial charge is 0.176 e. The molecule has 3 heteroatoms. The summed E-state index contributed by atoms with van der Waals surface area (Å²) in [5.74, 6) is -0.325. The quantitative estimate of drug-likeness (QED) is 0.748. The van der Waals surface area contributed by atoms with Crippen LogP contribution in [0.15, 0.2) is 24.3 Å². The van der Waals surface area contributed by atoms with Crippen LogP contribution in [0.3, 0.4) is 0 Å². The fourth-order valence-corrected chi connectivity index (χ4v) is 2.50. The van der Waals surface area contributed by atoms with Gasteiger partial charge in [-0.1, -0.05) is 19.1 Å². The van der Waals surface area contributed by atoms with Crippen molar-refractivity contribution in [3.8, 4) is 0 Å². The van der Waals surface area contributed by atoms with Crippen LogP contribution in [0.2, 0.25) is 0 Å². The Morgan fingerprint density at radius 3 is 3.06 bits per heavy atom. The second-order valence-electron chi connectivity index (χ2n) is 4.61. The van der Waals surface area contributed by atoms with Gasteiger partial charge in [0.15, 0.2) is 5.78 Å². The minimum atomic E-state index is -0.343. The highest BCUT2D eigenvalue weighted by Crippen LogP contribution is 2.20. The molecule has 0 spiro atoms. The van der Waals surface area contributed by atoms with Gasteiger partial charge in [-0.05, 0) is 37.9 Å². The SMILES string of the molecule is CCC1CCCN1CC(=O)c1cccc(F)c1. The lowest BCUT2D eigenvalue weighted by Gasteiger charge is -2.22. The molecule has 1 atom stereocenters. The largest absolute Gasteiger partial charge is 0.293 e. The van der Waals surface area contributed by atoms with Gasteiger partial charge in [0, 0.05) is 11.6 Å². The van der Waals surface area contributed by atoms with E-state index in [1.165, 1.54) is 18.6 Å². The third kappa shape index (κ3) is 2.91. The van der Waals surface area contributed by atoms with Crippen LogP contribution in [-0.2, 0) is 0 Å². The van der Waals surface area contributed by atoms with E-state index in [-0.39, 0.29) is 11.6 Å². The summed E-state index contributed by atoms with van der Waals surface area (Å²) in [5.41, 5.74) is 0.478. The van der Waals surface area contributed by atoms with Crippen LogP contribution in [0.4, 0.5) is 4.39 Å². The van der Waals surface area contributed by atoms with Gasteiger partial charge in [0.05, 0.1) is 6.54 Å². The van der Waals surface area contributed by atoms with Gasteiger partial charge < -0.3 is 0 Å². The van der Waals surface area contributed by atoms with Crippen molar-refractivity contribution in [3.63, 3.8) is 0 Å². The van der Waals surface area contributed by atoms with E-state index in [2.05, 4.69) is 11.8 Å². The van der Waals surface area contributed by atoms with E-state index >= 15 is 0 Å². The molecule has 92 valence electrons. The lowest BCUT2D eigenvalue weighted by Crippen LogP contribution is -2.33. The Morgan fingerprint density at radius 2 is 2.35 bits per heavy atom. The van der Waals surface area contributed by atoms with Crippen LogP contribution in [-0.4, -0.2) is 29.8 Å². The summed E-state index contributed by atoms with van der Waals surface area (Å²) in [6.07, 6.45) is 3.41. The first-order chi connectivity index (χ1) is 8.20. The van der Waals surface area contributed by atoms with Crippen molar-refractivity contribution in [1.29, 1.82) is 0 Å². The van der Waals surface area contributed by atoms with Crippen molar-refractivity contribution in [2.24, 2.45) is 0 Å². The first-order valence-electron chi connectivity index (χ1n) is 6.23. The minimum Gasteiger partial charge on any atom is -0.293 e. The number of carbonyl (C=O) groups excluding carboxylic acids is 1. The summed E-state index contributed by atoms with van der Waals surface area (Å²) >= 11 is 0. The number of carbonyl (C=O) groups is 1. The fraction of sp³-hybridized carbons (Fsp3) is 0.500. The number of hydrogen-bond donors (Lipinski definition) is 0. The van der Waals surface area contributed by atoms with E-state index < -0.39 is 0 Å². The third-order valence-electron chi connectivity index (χ3n) is 3.46. The maximum absolute atomic E-state index is 13.0. The summed E-state index contributed by atoms with van der Waals surface area (Å²) in [7, 11) is 0. The predicted molar refractivity (Wildman–Crippen MR) is 65.6 cm³/mol. The van der Waals surface area contributed by atoms with E-state index in [0.717, 1.165) is 19.4 Å². The van der Waals surface area contributed by atoms with Crippen molar-refractivity contribution in [2.45, 2.75) is 32.2 Å². The van der Waals surface area contributed by atoms with Crippen LogP contribution >= 0.6 is 0 Å². The second-order valence-corrected chi connectivity index (χ2v) is 4.61. The van der Waals surface area contributed by atoms with Crippen molar-refractivity contribution in [3.05, 3.63) is 35.6 Å². The van der Waals surface area contributed by atoms with E-state index in [1.54, 1.807) is 12.1 Å². The molecular formula is C14H18FNO. The van der Waals surface area contributed by atoms with E-state index in [9.17, 15) is 9.18 Å². The van der Waals surface area contributed by atoms with Crippen LogP contribution in [0.25, 0.3) is 0 Å². The molecule has 1 heterocycles. The Kier molecular flexibility index (Phi) is 3.89. The number of rotatable bonds is 4. The molecule has 1 aromatic rings. The standard InChI is InChI=1S/C14H18FNO/c1-2-13-7-4-8-16(13)10-14(17)11-5-3-6-12(15)9-11/h3,5-6,9,13H,2,4,7-8,10H2,1H3. The van der Waals surface area contributed by atoms with Gasteiger partial charge in [0.25, 0.3) is 0 Å². The highest BCUT2D eigenvalue weighted by Gasteiger charge is 2.24. The molecule has 0 aromatic heterocycles. The summed E-state index contributed by atoms with van der Waals surface area (Å²) in [6, 6.07) is 6.47. The molecule has 17 heavy (non-hydrogen) atoms. The fourth-order valence-electron chi connectivity index (χ4n) is 2.50. The van der Waals surface area contributed by atoms with Crippen molar-refractivity contribution >= 4 is 5.78 Å². The van der Waals surface area contributed by atoms with Gasteiger partial charge in [-0.15, -0.1) is 0 Å².